The molecule has 3 aliphatic rings. The summed E-state index contributed by atoms with van der Waals surface area (Å²) in [6, 6.07) is 1.39. The molecular weight excluding hydrogens is 320 g/mol. The van der Waals surface area contributed by atoms with E-state index in [-0.39, 0.29) is 12.4 Å². The van der Waals surface area contributed by atoms with Gasteiger partial charge in [0.2, 0.25) is 5.91 Å². The Kier molecular flexibility index (Phi) is 7.01. The smallest absolute Gasteiger partial charge is 0.220 e. The van der Waals surface area contributed by atoms with Gasteiger partial charge in [-0.1, -0.05) is 20.8 Å². The number of carbonyl (C=O) groups is 1. The first kappa shape index (κ1) is 20.0. The van der Waals surface area contributed by atoms with Crippen molar-refractivity contribution in [2.45, 2.75) is 90.6 Å². The molecule has 2 atom stereocenters. The maximum absolute atomic E-state index is 12.3. The van der Waals surface area contributed by atoms with Gasteiger partial charge in [0, 0.05) is 25.0 Å². The molecule has 1 aliphatic carbocycles. The number of hydrogen-bond acceptors (Lipinski definition) is 2. The van der Waals surface area contributed by atoms with Crippen molar-refractivity contribution in [3.05, 3.63) is 0 Å². The predicted octanol–water partition coefficient (Wildman–Crippen LogP) is 4.30. The second-order valence-corrected chi connectivity index (χ2v) is 9.57. The van der Waals surface area contributed by atoms with E-state index in [1.807, 2.05) is 0 Å². The largest absolute Gasteiger partial charge is 0.356 e. The molecule has 140 valence electrons. The van der Waals surface area contributed by atoms with Crippen LogP contribution in [0, 0.1) is 23.2 Å². The van der Waals surface area contributed by atoms with Crippen LogP contribution < -0.4 is 10.6 Å². The standard InChI is InChI=1S/C20H36N2O.ClH/c1-20(2,3)16-6-4-14(5-7-16)13-21-19(23)12-15-10-17-8-9-18(11-15)22-17;/h14-18,22H,4-13H2,1-3H3,(H,21,23);1H. The summed E-state index contributed by atoms with van der Waals surface area (Å²) in [6.07, 6.45) is 11.1. The number of nitrogens with one attached hydrogen (secondary N) is 2. The average molecular weight is 357 g/mol. The van der Waals surface area contributed by atoms with E-state index in [1.165, 1.54) is 51.4 Å². The van der Waals surface area contributed by atoms with Crippen molar-refractivity contribution in [1.82, 2.24) is 10.6 Å². The van der Waals surface area contributed by atoms with Crippen LogP contribution >= 0.6 is 12.4 Å². The Morgan fingerprint density at radius 1 is 0.958 bits per heavy atom. The van der Waals surface area contributed by atoms with Gasteiger partial charge >= 0.3 is 0 Å². The average Bonchev–Trinajstić information content (AvgIpc) is 2.83. The zero-order valence-corrected chi connectivity index (χ0v) is 16.6. The lowest BCUT2D eigenvalue weighted by Gasteiger charge is -2.37. The molecule has 2 aliphatic heterocycles. The molecule has 0 spiro atoms. The summed E-state index contributed by atoms with van der Waals surface area (Å²) >= 11 is 0. The molecule has 4 heteroatoms. The molecule has 2 N–H and O–H groups in total. The third kappa shape index (κ3) is 5.36. The van der Waals surface area contributed by atoms with Gasteiger partial charge in [0.25, 0.3) is 0 Å². The van der Waals surface area contributed by atoms with Gasteiger partial charge in [-0.25, -0.2) is 0 Å². The number of amides is 1. The van der Waals surface area contributed by atoms with Crippen LogP contribution in [-0.2, 0) is 4.79 Å². The van der Waals surface area contributed by atoms with E-state index in [4.69, 9.17) is 0 Å². The van der Waals surface area contributed by atoms with Crippen molar-refractivity contribution in [2.75, 3.05) is 6.54 Å². The highest BCUT2D eigenvalue weighted by Crippen LogP contribution is 2.39. The normalized spacial score (nSPS) is 36.0. The topological polar surface area (TPSA) is 41.1 Å². The minimum absolute atomic E-state index is 0. The number of piperidine rings is 1. The van der Waals surface area contributed by atoms with Gasteiger partial charge in [0.1, 0.15) is 0 Å². The Morgan fingerprint density at radius 2 is 1.54 bits per heavy atom. The van der Waals surface area contributed by atoms with Gasteiger partial charge in [-0.3, -0.25) is 4.79 Å². The predicted molar refractivity (Wildman–Crippen MR) is 102 cm³/mol. The van der Waals surface area contributed by atoms with Crippen molar-refractivity contribution >= 4 is 18.3 Å². The van der Waals surface area contributed by atoms with Crippen molar-refractivity contribution in [3.63, 3.8) is 0 Å². The third-order valence-electron chi connectivity index (χ3n) is 6.70. The molecule has 3 rings (SSSR count). The SMILES string of the molecule is CC(C)(C)C1CCC(CNC(=O)CC2CC3CCC(C2)N3)CC1.Cl. The van der Waals surface area contributed by atoms with E-state index < -0.39 is 0 Å². The summed E-state index contributed by atoms with van der Waals surface area (Å²) in [5.41, 5.74) is 0.447. The zero-order chi connectivity index (χ0) is 16.4. The monoisotopic (exact) mass is 356 g/mol. The van der Waals surface area contributed by atoms with Crippen LogP contribution in [0.3, 0.4) is 0 Å². The fourth-order valence-electron chi connectivity index (χ4n) is 5.17. The van der Waals surface area contributed by atoms with E-state index in [1.54, 1.807) is 0 Å². The lowest BCUT2D eigenvalue weighted by molar-refractivity contribution is -0.122. The van der Waals surface area contributed by atoms with Crippen LogP contribution in [0.2, 0.25) is 0 Å². The van der Waals surface area contributed by atoms with Crippen molar-refractivity contribution in [2.24, 2.45) is 23.2 Å². The van der Waals surface area contributed by atoms with E-state index in [9.17, 15) is 4.79 Å². The lowest BCUT2D eigenvalue weighted by atomic mass is 9.70. The number of fused-ring (bicyclic) bond motifs is 2. The van der Waals surface area contributed by atoms with Crippen molar-refractivity contribution < 1.29 is 4.79 Å². The lowest BCUT2D eigenvalue weighted by Crippen LogP contribution is -2.40. The number of rotatable bonds is 4. The van der Waals surface area contributed by atoms with E-state index in [0.717, 1.165) is 18.9 Å². The van der Waals surface area contributed by atoms with E-state index in [2.05, 4.69) is 31.4 Å². The first-order valence-electron chi connectivity index (χ1n) is 9.93. The molecule has 3 nitrogen and oxygen atoms in total. The Hall–Kier alpha value is -0.280. The highest BCUT2D eigenvalue weighted by atomic mass is 35.5. The summed E-state index contributed by atoms with van der Waals surface area (Å²) in [7, 11) is 0. The molecule has 0 aromatic carbocycles. The van der Waals surface area contributed by atoms with Gasteiger partial charge in [0.05, 0.1) is 0 Å². The Morgan fingerprint density at radius 3 is 2.08 bits per heavy atom. The van der Waals surface area contributed by atoms with Crippen LogP contribution in [0.25, 0.3) is 0 Å². The maximum Gasteiger partial charge on any atom is 0.220 e. The van der Waals surface area contributed by atoms with Crippen LogP contribution in [0.1, 0.15) is 78.6 Å². The summed E-state index contributed by atoms with van der Waals surface area (Å²) < 4.78 is 0. The highest BCUT2D eigenvalue weighted by Gasteiger charge is 2.34. The second-order valence-electron chi connectivity index (χ2n) is 9.57. The van der Waals surface area contributed by atoms with E-state index >= 15 is 0 Å². The molecule has 1 saturated carbocycles. The Balaban J connectivity index is 0.00000208. The fourth-order valence-corrected chi connectivity index (χ4v) is 5.17. The molecule has 0 aromatic rings. The van der Waals surface area contributed by atoms with Gasteiger partial charge in [-0.2, -0.15) is 0 Å². The quantitative estimate of drug-likeness (QED) is 0.788. The maximum atomic E-state index is 12.3. The first-order chi connectivity index (χ1) is 10.9. The number of halogens is 1. The molecular formula is C20H37ClN2O. The highest BCUT2D eigenvalue weighted by molar-refractivity contribution is 5.85. The van der Waals surface area contributed by atoms with Crippen LogP contribution in [0.5, 0.6) is 0 Å². The number of carbonyl (C=O) groups excluding carboxylic acids is 1. The molecule has 24 heavy (non-hydrogen) atoms. The van der Waals surface area contributed by atoms with Gasteiger partial charge in [-0.05, 0) is 74.5 Å². The number of hydrogen-bond donors (Lipinski definition) is 2. The Labute approximate surface area is 154 Å². The molecule has 0 radical (unpaired) electrons. The summed E-state index contributed by atoms with van der Waals surface area (Å²) in [6.45, 7) is 8.01. The van der Waals surface area contributed by atoms with Gasteiger partial charge in [-0.15, -0.1) is 12.4 Å². The zero-order valence-electron chi connectivity index (χ0n) is 15.8. The van der Waals surface area contributed by atoms with Crippen LogP contribution in [0.4, 0.5) is 0 Å². The third-order valence-corrected chi connectivity index (χ3v) is 6.70. The molecule has 2 unspecified atom stereocenters. The Bertz CT molecular complexity index is 400. The van der Waals surface area contributed by atoms with Crippen molar-refractivity contribution in [3.8, 4) is 0 Å². The molecule has 2 bridgehead atoms. The first-order valence-corrected chi connectivity index (χ1v) is 9.93. The minimum Gasteiger partial charge on any atom is -0.356 e. The molecule has 2 heterocycles. The van der Waals surface area contributed by atoms with Gasteiger partial charge < -0.3 is 10.6 Å². The second kappa shape index (κ2) is 8.40. The molecule has 0 aromatic heterocycles. The minimum atomic E-state index is 0. The van der Waals surface area contributed by atoms with E-state index in [0.29, 0.717) is 35.2 Å². The van der Waals surface area contributed by atoms with Gasteiger partial charge in [0.15, 0.2) is 0 Å². The van der Waals surface area contributed by atoms with Crippen LogP contribution in [0.15, 0.2) is 0 Å². The summed E-state index contributed by atoms with van der Waals surface area (Å²) in [5, 5.41) is 6.91. The van der Waals surface area contributed by atoms with Crippen LogP contribution in [-0.4, -0.2) is 24.5 Å². The fraction of sp³-hybridized carbons (Fsp3) is 0.950. The molecule has 3 fully saturated rings. The summed E-state index contributed by atoms with van der Waals surface area (Å²) in [5.74, 6) is 2.49. The summed E-state index contributed by atoms with van der Waals surface area (Å²) in [4.78, 5) is 12.3. The van der Waals surface area contributed by atoms with Crippen molar-refractivity contribution in [1.29, 1.82) is 0 Å². The molecule has 2 saturated heterocycles. The molecule has 1 amide bonds.